The van der Waals surface area contributed by atoms with Gasteiger partial charge in [0, 0.05) is 39.5 Å². The lowest BCUT2D eigenvalue weighted by molar-refractivity contribution is -0.0406. The Morgan fingerprint density at radius 1 is 0.893 bits per heavy atom. The highest BCUT2D eigenvalue weighted by molar-refractivity contribution is 6.76. The summed E-state index contributed by atoms with van der Waals surface area (Å²) in [6, 6.07) is 12.7. The predicted molar refractivity (Wildman–Crippen MR) is 226 cm³/mol. The van der Waals surface area contributed by atoms with Gasteiger partial charge in [0.15, 0.2) is 20.1 Å². The maximum atomic E-state index is 6.96. The van der Waals surface area contributed by atoms with Crippen molar-refractivity contribution in [1.29, 1.82) is 0 Å². The molecule has 11 nitrogen and oxygen atoms in total. The van der Waals surface area contributed by atoms with Gasteiger partial charge in [-0.1, -0.05) is 76.3 Å². The molecule has 1 N–H and O–H groups in total. The molecule has 1 aliphatic carbocycles. The number of halogens is 1. The van der Waals surface area contributed by atoms with Crippen molar-refractivity contribution in [2.75, 3.05) is 39.8 Å². The second-order valence-electron chi connectivity index (χ2n) is 19.0. The van der Waals surface area contributed by atoms with Crippen LogP contribution in [0.3, 0.4) is 0 Å². The van der Waals surface area contributed by atoms with Crippen molar-refractivity contribution >= 4 is 39.2 Å². The van der Waals surface area contributed by atoms with Crippen LogP contribution in [0.15, 0.2) is 30.3 Å². The Hall–Kier alpha value is -1.92. The minimum Gasteiger partial charge on any atom is -0.456 e. The number of nitrogens with one attached hydrogen (secondary N) is 1. The summed E-state index contributed by atoms with van der Waals surface area (Å²) in [6.45, 7) is 22.4. The predicted octanol–water partition coefficient (Wildman–Crippen LogP) is 8.77. The first-order chi connectivity index (χ1) is 26.6. The van der Waals surface area contributed by atoms with Crippen molar-refractivity contribution in [2.45, 2.75) is 152 Å². The van der Waals surface area contributed by atoms with E-state index in [2.05, 4.69) is 83.1 Å². The molecule has 3 aliphatic heterocycles. The molecule has 310 valence electrons. The largest absolute Gasteiger partial charge is 0.456 e. The summed E-state index contributed by atoms with van der Waals surface area (Å²) in [5, 5.41) is 4.28. The summed E-state index contributed by atoms with van der Waals surface area (Å²) in [5.41, 5.74) is 4.37. The van der Waals surface area contributed by atoms with Crippen molar-refractivity contribution in [3.63, 3.8) is 0 Å². The number of pyridine rings is 1. The standard InChI is InChI=1S/C42H65ClN4O7Si2/c1-42(2,3)56(7,8)54-36-25-51-38-35(24-50-39(36)38)53-41-45-34-23-33(43)37(46-40(34)47(41)27-49-21-22-55(4,5)6)30-11-9-28(10-12-30)29-13-15-31(16-14-29)44-26-52-32-17-19-48-20-18-32/h9-12,23,29,31-32,35-36,38-39,44H,13-22,24-27H2,1-8H3. The molecule has 7 rings (SSSR count). The SMILES string of the molecule is CC(C)(C)[Si](C)(C)OC1COC2C(Oc3nc4cc(Cl)c(-c5ccc(C6CCC(NCOC7CCOCC7)CC6)cc5)nc4n3COCC[Si](C)(C)C)COC12. The van der Waals surface area contributed by atoms with Crippen molar-refractivity contribution < 1.29 is 32.8 Å². The van der Waals surface area contributed by atoms with Gasteiger partial charge in [-0.2, -0.15) is 4.98 Å². The summed E-state index contributed by atoms with van der Waals surface area (Å²) >= 11 is 6.96. The highest BCUT2D eigenvalue weighted by Crippen LogP contribution is 2.41. The van der Waals surface area contributed by atoms with E-state index >= 15 is 0 Å². The van der Waals surface area contributed by atoms with E-state index < -0.39 is 16.4 Å². The van der Waals surface area contributed by atoms with E-state index in [9.17, 15) is 0 Å². The fraction of sp³-hybridized carbons (Fsp3) is 0.714. The van der Waals surface area contributed by atoms with Gasteiger partial charge in [0.25, 0.3) is 0 Å². The summed E-state index contributed by atoms with van der Waals surface area (Å²) < 4.78 is 45.8. The average molecular weight is 830 g/mol. The van der Waals surface area contributed by atoms with E-state index in [4.69, 9.17) is 54.4 Å². The van der Waals surface area contributed by atoms with Gasteiger partial charge < -0.3 is 32.8 Å². The van der Waals surface area contributed by atoms with Crippen LogP contribution in [-0.4, -0.2) is 107 Å². The van der Waals surface area contributed by atoms with Crippen molar-refractivity contribution in [3.8, 4) is 17.3 Å². The summed E-state index contributed by atoms with van der Waals surface area (Å²) in [5.74, 6) is 0.538. The van der Waals surface area contributed by atoms with E-state index in [1.54, 1.807) is 0 Å². The molecule has 3 saturated heterocycles. The number of aromatic nitrogens is 3. The fourth-order valence-corrected chi connectivity index (χ4v) is 10.3. The Kier molecular flexibility index (Phi) is 13.4. The molecule has 0 bridgehead atoms. The van der Waals surface area contributed by atoms with Crippen LogP contribution in [0.5, 0.6) is 6.01 Å². The van der Waals surface area contributed by atoms with Gasteiger partial charge in [-0.15, -0.1) is 0 Å². The zero-order valence-electron chi connectivity index (χ0n) is 34.9. The molecule has 14 heteroatoms. The van der Waals surface area contributed by atoms with E-state index in [1.165, 1.54) is 5.56 Å². The van der Waals surface area contributed by atoms with Crippen molar-refractivity contribution in [1.82, 2.24) is 19.9 Å². The van der Waals surface area contributed by atoms with Crippen LogP contribution in [0.2, 0.25) is 48.8 Å². The van der Waals surface area contributed by atoms with E-state index in [0.29, 0.717) is 72.5 Å². The zero-order valence-corrected chi connectivity index (χ0v) is 37.7. The average Bonchev–Trinajstić information content (AvgIpc) is 3.84. The number of ether oxygens (including phenoxy) is 6. The number of rotatable bonds is 15. The lowest BCUT2D eigenvalue weighted by Crippen LogP contribution is -2.47. The molecule has 1 aromatic carbocycles. The summed E-state index contributed by atoms with van der Waals surface area (Å²) in [4.78, 5) is 10.1. The molecule has 4 fully saturated rings. The molecular weight excluding hydrogens is 764 g/mol. The Bertz CT molecular complexity index is 1750. The molecule has 1 saturated carbocycles. The minimum atomic E-state index is -2.01. The third-order valence-electron chi connectivity index (χ3n) is 12.6. The Labute approximate surface area is 340 Å². The molecule has 56 heavy (non-hydrogen) atoms. The molecule has 3 aromatic rings. The first-order valence-electron chi connectivity index (χ1n) is 20.9. The van der Waals surface area contributed by atoms with E-state index in [-0.39, 0.29) is 36.2 Å². The zero-order chi connectivity index (χ0) is 39.7. The number of hydrogen-bond donors (Lipinski definition) is 1. The van der Waals surface area contributed by atoms with E-state index in [0.717, 1.165) is 63.3 Å². The molecule has 4 aliphatic rings. The molecule has 4 atom stereocenters. The maximum Gasteiger partial charge on any atom is 0.301 e. The minimum absolute atomic E-state index is 0.0907. The molecular formula is C42H65ClN4O7Si2. The van der Waals surface area contributed by atoms with Gasteiger partial charge in [0.1, 0.15) is 24.5 Å². The molecule has 0 radical (unpaired) electrons. The second-order valence-corrected chi connectivity index (χ2v) is 29.8. The first-order valence-corrected chi connectivity index (χ1v) is 27.9. The third-order valence-corrected chi connectivity index (χ3v) is 19.1. The van der Waals surface area contributed by atoms with Crippen LogP contribution < -0.4 is 10.1 Å². The lowest BCUT2D eigenvalue weighted by Gasteiger charge is -2.39. The van der Waals surface area contributed by atoms with Crippen LogP contribution in [0, 0.1) is 0 Å². The summed E-state index contributed by atoms with van der Waals surface area (Å²) in [7, 11) is -3.30. The monoisotopic (exact) mass is 828 g/mol. The van der Waals surface area contributed by atoms with Gasteiger partial charge in [-0.3, -0.25) is 9.88 Å². The summed E-state index contributed by atoms with van der Waals surface area (Å²) in [6.07, 6.45) is 6.01. The van der Waals surface area contributed by atoms with Crippen LogP contribution >= 0.6 is 11.6 Å². The Balaban J connectivity index is 1.03. The molecule has 5 heterocycles. The number of nitrogens with zero attached hydrogens (tertiary/aromatic N) is 3. The number of benzene rings is 1. The van der Waals surface area contributed by atoms with Crippen LogP contribution in [0.25, 0.3) is 22.4 Å². The number of hydrogen-bond acceptors (Lipinski definition) is 10. The highest BCUT2D eigenvalue weighted by atomic mass is 35.5. The second kappa shape index (κ2) is 17.7. The molecule has 0 spiro atoms. The fourth-order valence-electron chi connectivity index (χ4n) is 7.94. The third kappa shape index (κ3) is 10.1. The van der Waals surface area contributed by atoms with Crippen LogP contribution in [0.1, 0.15) is 70.8 Å². The van der Waals surface area contributed by atoms with Gasteiger partial charge in [0.05, 0.1) is 42.9 Å². The smallest absolute Gasteiger partial charge is 0.301 e. The normalized spacial score (nSPS) is 26.6. The van der Waals surface area contributed by atoms with Crippen LogP contribution in [0.4, 0.5) is 0 Å². The molecule has 0 amide bonds. The van der Waals surface area contributed by atoms with Gasteiger partial charge >= 0.3 is 6.01 Å². The quantitative estimate of drug-likeness (QED) is 0.0908. The van der Waals surface area contributed by atoms with Gasteiger partial charge in [-0.25, -0.2) is 4.98 Å². The van der Waals surface area contributed by atoms with E-state index in [1.807, 2.05) is 10.6 Å². The van der Waals surface area contributed by atoms with Crippen molar-refractivity contribution in [3.05, 3.63) is 40.9 Å². The Morgan fingerprint density at radius 3 is 2.25 bits per heavy atom. The first kappa shape index (κ1) is 42.2. The maximum absolute atomic E-state index is 6.96. The highest BCUT2D eigenvalue weighted by Gasteiger charge is 2.52. The molecule has 2 aromatic heterocycles. The molecule has 4 unspecified atom stereocenters. The van der Waals surface area contributed by atoms with Gasteiger partial charge in [-0.05, 0) is 80.2 Å². The number of imidazole rings is 1. The topological polar surface area (TPSA) is 107 Å². The van der Waals surface area contributed by atoms with Crippen LogP contribution in [-0.2, 0) is 34.8 Å². The lowest BCUT2D eigenvalue weighted by atomic mass is 9.81. The Morgan fingerprint density at radius 2 is 1.57 bits per heavy atom. The van der Waals surface area contributed by atoms with Gasteiger partial charge in [0.2, 0.25) is 0 Å². The van der Waals surface area contributed by atoms with Crippen molar-refractivity contribution in [2.24, 2.45) is 0 Å². The number of fused-ring (bicyclic) bond motifs is 2.